The average molecular weight is 406 g/mol. The Balaban J connectivity index is 1.67. The average Bonchev–Trinajstić information content (AvgIpc) is 3.31. The lowest BCUT2D eigenvalue weighted by atomic mass is 10.2. The van der Waals surface area contributed by atoms with Crippen molar-refractivity contribution in [1.82, 2.24) is 35.1 Å². The lowest BCUT2D eigenvalue weighted by molar-refractivity contribution is 0.418. The van der Waals surface area contributed by atoms with E-state index in [1.54, 1.807) is 19.3 Å². The number of hydrogen-bond acceptors (Lipinski definition) is 8. The van der Waals surface area contributed by atoms with Gasteiger partial charge >= 0.3 is 0 Å². The summed E-state index contributed by atoms with van der Waals surface area (Å²) in [5.41, 5.74) is 1.69. The standard InChI is InChI=1S/C21H26N8O/c1-14-20(30)28(15-6-2-3-7-15)19-16(26-14)12-25-21(27-19)29(17-8-4-5-9-23-17)18-13-22-10-11-24-18/h4-5,8-9,12,15,18,22,24H,2-3,6-7,10-11,13H2,1H3. The van der Waals surface area contributed by atoms with Crippen molar-refractivity contribution < 1.29 is 0 Å². The van der Waals surface area contributed by atoms with Crippen LogP contribution in [-0.4, -0.2) is 50.3 Å². The van der Waals surface area contributed by atoms with E-state index in [1.807, 2.05) is 27.7 Å². The Morgan fingerprint density at radius 2 is 2.00 bits per heavy atom. The van der Waals surface area contributed by atoms with Gasteiger partial charge in [0.05, 0.1) is 6.20 Å². The van der Waals surface area contributed by atoms with Crippen LogP contribution < -0.4 is 21.1 Å². The third-order valence-electron chi connectivity index (χ3n) is 5.91. The van der Waals surface area contributed by atoms with Crippen molar-refractivity contribution in [2.75, 3.05) is 24.5 Å². The van der Waals surface area contributed by atoms with E-state index in [-0.39, 0.29) is 17.8 Å². The molecule has 1 saturated carbocycles. The van der Waals surface area contributed by atoms with E-state index in [1.165, 1.54) is 0 Å². The van der Waals surface area contributed by atoms with Gasteiger partial charge in [0.1, 0.15) is 23.2 Å². The number of piperazine rings is 1. The van der Waals surface area contributed by atoms with Crippen LogP contribution in [0.1, 0.15) is 37.4 Å². The zero-order chi connectivity index (χ0) is 20.5. The van der Waals surface area contributed by atoms with Crippen molar-refractivity contribution in [1.29, 1.82) is 0 Å². The molecule has 1 saturated heterocycles. The molecular formula is C21H26N8O. The van der Waals surface area contributed by atoms with Crippen LogP contribution >= 0.6 is 0 Å². The van der Waals surface area contributed by atoms with Crippen LogP contribution in [0.15, 0.2) is 35.4 Å². The normalized spacial score (nSPS) is 20.0. The summed E-state index contributed by atoms with van der Waals surface area (Å²) < 4.78 is 1.85. The highest BCUT2D eigenvalue weighted by molar-refractivity contribution is 5.72. The summed E-state index contributed by atoms with van der Waals surface area (Å²) in [5, 5.41) is 6.92. The number of pyridine rings is 1. The SMILES string of the molecule is Cc1nc2cnc(N(c3ccccn3)C3CNCCN3)nc2n(C2CCCC2)c1=O. The van der Waals surface area contributed by atoms with E-state index in [2.05, 4.69) is 25.6 Å². The van der Waals surface area contributed by atoms with Crippen LogP contribution in [0.5, 0.6) is 0 Å². The predicted octanol–water partition coefficient (Wildman–Crippen LogP) is 1.66. The van der Waals surface area contributed by atoms with Gasteiger partial charge in [-0.15, -0.1) is 0 Å². The zero-order valence-electron chi connectivity index (χ0n) is 17.1. The van der Waals surface area contributed by atoms with E-state index in [9.17, 15) is 4.79 Å². The maximum Gasteiger partial charge on any atom is 0.273 e. The second-order valence-corrected chi connectivity index (χ2v) is 7.92. The molecule has 3 aromatic heterocycles. The van der Waals surface area contributed by atoms with Crippen LogP contribution in [0.3, 0.4) is 0 Å². The Bertz CT molecular complexity index is 1090. The summed E-state index contributed by atoms with van der Waals surface area (Å²) in [6.07, 6.45) is 7.70. The number of hydrogen-bond donors (Lipinski definition) is 2. The van der Waals surface area contributed by atoms with E-state index in [0.717, 1.165) is 51.1 Å². The third kappa shape index (κ3) is 3.44. The summed E-state index contributed by atoms with van der Waals surface area (Å²) in [6, 6.07) is 5.95. The quantitative estimate of drug-likeness (QED) is 0.675. The van der Waals surface area contributed by atoms with Gasteiger partial charge in [-0.2, -0.15) is 4.98 Å². The first-order valence-electron chi connectivity index (χ1n) is 10.6. The molecule has 4 heterocycles. The van der Waals surface area contributed by atoms with E-state index in [4.69, 9.17) is 4.98 Å². The molecule has 0 aromatic carbocycles. The molecule has 0 radical (unpaired) electrons. The second kappa shape index (κ2) is 8.08. The van der Waals surface area contributed by atoms with Gasteiger partial charge in [-0.3, -0.25) is 19.6 Å². The van der Waals surface area contributed by atoms with Crippen molar-refractivity contribution in [3.05, 3.63) is 46.6 Å². The highest BCUT2D eigenvalue weighted by atomic mass is 16.1. The summed E-state index contributed by atoms with van der Waals surface area (Å²) in [7, 11) is 0. The van der Waals surface area contributed by atoms with E-state index in [0.29, 0.717) is 22.8 Å². The van der Waals surface area contributed by atoms with Gasteiger partial charge < -0.3 is 5.32 Å². The fourth-order valence-corrected chi connectivity index (χ4v) is 4.45. The van der Waals surface area contributed by atoms with Crippen molar-refractivity contribution in [2.24, 2.45) is 0 Å². The highest BCUT2D eigenvalue weighted by Gasteiger charge is 2.27. The zero-order valence-corrected chi connectivity index (χ0v) is 17.1. The first-order valence-corrected chi connectivity index (χ1v) is 10.6. The first kappa shape index (κ1) is 19.1. The fraction of sp³-hybridized carbons (Fsp3) is 0.476. The number of nitrogens with zero attached hydrogens (tertiary/aromatic N) is 6. The monoisotopic (exact) mass is 406 g/mol. The molecule has 3 aromatic rings. The van der Waals surface area contributed by atoms with Gasteiger partial charge in [0, 0.05) is 31.9 Å². The molecule has 5 rings (SSSR count). The molecule has 0 amide bonds. The van der Waals surface area contributed by atoms with Gasteiger partial charge in [-0.1, -0.05) is 18.9 Å². The number of anilines is 2. The van der Waals surface area contributed by atoms with E-state index >= 15 is 0 Å². The van der Waals surface area contributed by atoms with Gasteiger partial charge in [0.15, 0.2) is 5.65 Å². The lowest BCUT2D eigenvalue weighted by Crippen LogP contribution is -2.56. The topological polar surface area (TPSA) is 101 Å². The fourth-order valence-electron chi connectivity index (χ4n) is 4.45. The number of rotatable bonds is 4. The molecule has 9 heteroatoms. The van der Waals surface area contributed by atoms with Crippen molar-refractivity contribution in [3.8, 4) is 0 Å². The Labute approximate surface area is 174 Å². The summed E-state index contributed by atoms with van der Waals surface area (Å²) in [5.74, 6) is 1.27. The maximum atomic E-state index is 13.0. The Kier molecular flexibility index (Phi) is 5.14. The predicted molar refractivity (Wildman–Crippen MR) is 115 cm³/mol. The van der Waals surface area contributed by atoms with Crippen LogP contribution in [0.2, 0.25) is 0 Å². The van der Waals surface area contributed by atoms with Crippen LogP contribution in [-0.2, 0) is 0 Å². The van der Waals surface area contributed by atoms with Gasteiger partial charge in [0.25, 0.3) is 5.56 Å². The minimum Gasteiger partial charge on any atom is -0.312 e. The largest absolute Gasteiger partial charge is 0.312 e. The molecule has 2 fully saturated rings. The van der Waals surface area contributed by atoms with Gasteiger partial charge in [-0.25, -0.2) is 15.0 Å². The van der Waals surface area contributed by atoms with Crippen LogP contribution in [0.25, 0.3) is 11.2 Å². The molecule has 2 aliphatic rings. The Morgan fingerprint density at radius 3 is 2.73 bits per heavy atom. The molecule has 1 aliphatic heterocycles. The second-order valence-electron chi connectivity index (χ2n) is 7.92. The van der Waals surface area contributed by atoms with E-state index < -0.39 is 0 Å². The van der Waals surface area contributed by atoms with Gasteiger partial charge in [0.2, 0.25) is 5.95 Å². The smallest absolute Gasteiger partial charge is 0.273 e. The van der Waals surface area contributed by atoms with Crippen LogP contribution in [0, 0.1) is 6.92 Å². The molecule has 1 atom stereocenters. The maximum absolute atomic E-state index is 13.0. The highest BCUT2D eigenvalue weighted by Crippen LogP contribution is 2.31. The summed E-state index contributed by atoms with van der Waals surface area (Å²) >= 11 is 0. The third-order valence-corrected chi connectivity index (χ3v) is 5.91. The van der Waals surface area contributed by atoms with Crippen LogP contribution in [0.4, 0.5) is 11.8 Å². The molecule has 1 aliphatic carbocycles. The minimum absolute atomic E-state index is 0.0452. The van der Waals surface area contributed by atoms with Crippen molar-refractivity contribution >= 4 is 22.9 Å². The molecule has 0 spiro atoms. The first-order chi connectivity index (χ1) is 14.7. The summed E-state index contributed by atoms with van der Waals surface area (Å²) in [4.78, 5) is 33.5. The summed E-state index contributed by atoms with van der Waals surface area (Å²) in [6.45, 7) is 4.25. The lowest BCUT2D eigenvalue weighted by Gasteiger charge is -2.34. The van der Waals surface area contributed by atoms with Crippen molar-refractivity contribution in [3.63, 3.8) is 0 Å². The molecule has 156 valence electrons. The number of fused-ring (bicyclic) bond motifs is 1. The number of aryl methyl sites for hydroxylation is 1. The Morgan fingerprint density at radius 1 is 1.13 bits per heavy atom. The Hall–Kier alpha value is -2.91. The molecular weight excluding hydrogens is 380 g/mol. The molecule has 2 N–H and O–H groups in total. The molecule has 0 bridgehead atoms. The van der Waals surface area contributed by atoms with Gasteiger partial charge in [-0.05, 0) is 31.9 Å². The molecule has 1 unspecified atom stereocenters. The molecule has 30 heavy (non-hydrogen) atoms. The number of nitrogens with one attached hydrogen (secondary N) is 2. The number of aromatic nitrogens is 5. The minimum atomic E-state index is -0.0547. The van der Waals surface area contributed by atoms with Crippen molar-refractivity contribution in [2.45, 2.75) is 44.8 Å². The molecule has 9 nitrogen and oxygen atoms in total.